The molecule has 0 aliphatic carbocycles. The number of carbonyl (C=O) groups excluding carboxylic acids is 1. The van der Waals surface area contributed by atoms with Crippen molar-refractivity contribution >= 4 is 5.91 Å². The number of hydrogen-bond acceptors (Lipinski definition) is 4. The van der Waals surface area contributed by atoms with Gasteiger partial charge < -0.3 is 14.4 Å². The van der Waals surface area contributed by atoms with Crippen molar-refractivity contribution in [3.05, 3.63) is 47.3 Å². The third-order valence-corrected chi connectivity index (χ3v) is 4.62. The highest BCUT2D eigenvalue weighted by atomic mass is 19.1. The van der Waals surface area contributed by atoms with E-state index < -0.39 is 0 Å². The standard InChI is InChI=1S/C18H24FN5O/c1-22(2)12-16-20-21-17(23(16)3)14-5-4-10-24(11-14)18(25)13-6-8-15(19)9-7-13/h6-9,14H,4-5,10-12H2,1-3H3/t14-/m0/s1. The molecule has 1 aromatic heterocycles. The Bertz CT molecular complexity index is 740. The van der Waals surface area contributed by atoms with Crippen LogP contribution in [-0.4, -0.2) is 57.7 Å². The number of likely N-dealkylation sites (tertiary alicyclic amines) is 1. The van der Waals surface area contributed by atoms with Crippen molar-refractivity contribution in [1.29, 1.82) is 0 Å². The number of rotatable bonds is 4. The molecule has 0 unspecified atom stereocenters. The highest BCUT2D eigenvalue weighted by Gasteiger charge is 2.28. The molecule has 134 valence electrons. The summed E-state index contributed by atoms with van der Waals surface area (Å²) in [5, 5.41) is 8.66. The normalized spacial score (nSPS) is 18.0. The predicted octanol–water partition coefficient (Wildman–Crippen LogP) is 2.04. The molecule has 1 aromatic carbocycles. The minimum absolute atomic E-state index is 0.0552. The summed E-state index contributed by atoms with van der Waals surface area (Å²) in [6.45, 7) is 2.06. The van der Waals surface area contributed by atoms with Crippen LogP contribution in [-0.2, 0) is 13.6 Å². The van der Waals surface area contributed by atoms with E-state index in [9.17, 15) is 9.18 Å². The van der Waals surface area contributed by atoms with Crippen molar-refractivity contribution < 1.29 is 9.18 Å². The van der Waals surface area contributed by atoms with E-state index in [1.54, 1.807) is 12.1 Å². The minimum atomic E-state index is -0.333. The maximum absolute atomic E-state index is 13.1. The van der Waals surface area contributed by atoms with Gasteiger partial charge in [0.05, 0.1) is 6.54 Å². The number of halogens is 1. The van der Waals surface area contributed by atoms with Gasteiger partial charge in [0.1, 0.15) is 17.5 Å². The van der Waals surface area contributed by atoms with E-state index in [0.29, 0.717) is 12.1 Å². The summed E-state index contributed by atoms with van der Waals surface area (Å²) in [4.78, 5) is 16.6. The molecule has 1 fully saturated rings. The molecule has 1 atom stereocenters. The number of piperidine rings is 1. The zero-order valence-corrected chi connectivity index (χ0v) is 14.9. The number of amides is 1. The van der Waals surface area contributed by atoms with Crippen LogP contribution in [0.15, 0.2) is 24.3 Å². The van der Waals surface area contributed by atoms with E-state index >= 15 is 0 Å². The second-order valence-electron chi connectivity index (χ2n) is 6.87. The van der Waals surface area contributed by atoms with Crippen LogP contribution >= 0.6 is 0 Å². The number of hydrogen-bond donors (Lipinski definition) is 0. The van der Waals surface area contributed by atoms with Crippen LogP contribution in [0.25, 0.3) is 0 Å². The van der Waals surface area contributed by atoms with Crippen LogP contribution in [0.2, 0.25) is 0 Å². The average molecular weight is 345 g/mol. The maximum atomic E-state index is 13.1. The number of nitrogens with zero attached hydrogens (tertiary/aromatic N) is 5. The van der Waals surface area contributed by atoms with Crippen LogP contribution in [0.3, 0.4) is 0 Å². The first-order valence-electron chi connectivity index (χ1n) is 8.53. The van der Waals surface area contributed by atoms with Crippen LogP contribution in [0, 0.1) is 5.82 Å². The Morgan fingerprint density at radius 1 is 1.28 bits per heavy atom. The van der Waals surface area contributed by atoms with Gasteiger partial charge in [0.25, 0.3) is 5.91 Å². The van der Waals surface area contributed by atoms with Gasteiger partial charge in [0.15, 0.2) is 0 Å². The van der Waals surface area contributed by atoms with Crippen LogP contribution < -0.4 is 0 Å². The molecular weight excluding hydrogens is 321 g/mol. The summed E-state index contributed by atoms with van der Waals surface area (Å²) in [7, 11) is 5.98. The molecule has 1 aliphatic heterocycles. The third-order valence-electron chi connectivity index (χ3n) is 4.62. The Hall–Kier alpha value is -2.28. The molecule has 1 saturated heterocycles. The molecule has 6 nitrogen and oxygen atoms in total. The van der Waals surface area contributed by atoms with Gasteiger partial charge in [-0.3, -0.25) is 4.79 Å². The lowest BCUT2D eigenvalue weighted by Crippen LogP contribution is -2.39. The van der Waals surface area contributed by atoms with E-state index in [4.69, 9.17) is 0 Å². The number of carbonyl (C=O) groups is 1. The summed E-state index contributed by atoms with van der Waals surface area (Å²) < 4.78 is 15.1. The van der Waals surface area contributed by atoms with Crippen molar-refractivity contribution in [3.63, 3.8) is 0 Å². The molecule has 7 heteroatoms. The Morgan fingerprint density at radius 3 is 2.68 bits per heavy atom. The van der Waals surface area contributed by atoms with E-state index in [1.807, 2.05) is 30.6 Å². The lowest BCUT2D eigenvalue weighted by molar-refractivity contribution is 0.0703. The maximum Gasteiger partial charge on any atom is 0.253 e. The fourth-order valence-corrected chi connectivity index (χ4v) is 3.30. The Kier molecular flexibility index (Phi) is 5.13. The van der Waals surface area contributed by atoms with Gasteiger partial charge in [0.2, 0.25) is 0 Å². The molecule has 1 amide bonds. The van der Waals surface area contributed by atoms with E-state index in [-0.39, 0.29) is 17.6 Å². The molecular formula is C18H24FN5O. The molecule has 0 radical (unpaired) electrons. The Morgan fingerprint density at radius 2 is 2.00 bits per heavy atom. The van der Waals surface area contributed by atoms with Crippen molar-refractivity contribution in [1.82, 2.24) is 24.6 Å². The van der Waals surface area contributed by atoms with Crippen molar-refractivity contribution in [2.24, 2.45) is 7.05 Å². The zero-order chi connectivity index (χ0) is 18.0. The topological polar surface area (TPSA) is 54.3 Å². The lowest BCUT2D eigenvalue weighted by atomic mass is 9.96. The number of benzene rings is 1. The largest absolute Gasteiger partial charge is 0.338 e. The van der Waals surface area contributed by atoms with Crippen LogP contribution in [0.4, 0.5) is 4.39 Å². The molecule has 3 rings (SSSR count). The van der Waals surface area contributed by atoms with Gasteiger partial charge in [-0.15, -0.1) is 10.2 Å². The second-order valence-corrected chi connectivity index (χ2v) is 6.87. The van der Waals surface area contributed by atoms with Gasteiger partial charge in [-0.1, -0.05) is 0 Å². The van der Waals surface area contributed by atoms with Gasteiger partial charge >= 0.3 is 0 Å². The molecule has 25 heavy (non-hydrogen) atoms. The Balaban J connectivity index is 1.74. The van der Waals surface area contributed by atoms with Gasteiger partial charge in [-0.25, -0.2) is 4.39 Å². The molecule has 2 heterocycles. The van der Waals surface area contributed by atoms with E-state index in [1.165, 1.54) is 12.1 Å². The predicted molar refractivity (Wildman–Crippen MR) is 92.7 cm³/mol. The smallest absolute Gasteiger partial charge is 0.253 e. The van der Waals surface area contributed by atoms with Crippen LogP contribution in [0.5, 0.6) is 0 Å². The number of aromatic nitrogens is 3. The molecule has 0 N–H and O–H groups in total. The molecule has 0 spiro atoms. The quantitative estimate of drug-likeness (QED) is 0.851. The third kappa shape index (κ3) is 3.87. The lowest BCUT2D eigenvalue weighted by Gasteiger charge is -2.32. The van der Waals surface area contributed by atoms with Gasteiger partial charge in [-0.05, 0) is 51.2 Å². The summed E-state index contributed by atoms with van der Waals surface area (Å²) in [6, 6.07) is 5.73. The summed E-state index contributed by atoms with van der Waals surface area (Å²) in [5.74, 6) is 1.63. The van der Waals surface area contributed by atoms with Crippen molar-refractivity contribution in [2.45, 2.75) is 25.3 Å². The molecule has 0 saturated carbocycles. The minimum Gasteiger partial charge on any atom is -0.338 e. The van der Waals surface area contributed by atoms with E-state index in [0.717, 1.165) is 37.6 Å². The van der Waals surface area contributed by atoms with Crippen LogP contribution in [0.1, 0.15) is 40.8 Å². The van der Waals surface area contributed by atoms with Gasteiger partial charge in [0, 0.05) is 31.6 Å². The first-order valence-corrected chi connectivity index (χ1v) is 8.53. The fraction of sp³-hybridized carbons (Fsp3) is 0.500. The zero-order valence-electron chi connectivity index (χ0n) is 14.9. The molecule has 0 bridgehead atoms. The molecule has 1 aliphatic rings. The fourth-order valence-electron chi connectivity index (χ4n) is 3.30. The highest BCUT2D eigenvalue weighted by Crippen LogP contribution is 2.27. The average Bonchev–Trinajstić information content (AvgIpc) is 2.95. The highest BCUT2D eigenvalue weighted by molar-refractivity contribution is 5.94. The van der Waals surface area contributed by atoms with Crippen molar-refractivity contribution in [3.8, 4) is 0 Å². The summed E-state index contributed by atoms with van der Waals surface area (Å²) in [5.41, 5.74) is 0.522. The first-order chi connectivity index (χ1) is 12.0. The first kappa shape index (κ1) is 17.5. The van der Waals surface area contributed by atoms with Crippen molar-refractivity contribution in [2.75, 3.05) is 27.2 Å². The Labute approximate surface area is 147 Å². The SMILES string of the molecule is CN(C)Cc1nnc([C@H]2CCCN(C(=O)c3ccc(F)cc3)C2)n1C. The molecule has 2 aromatic rings. The second kappa shape index (κ2) is 7.31. The summed E-state index contributed by atoms with van der Waals surface area (Å²) >= 11 is 0. The van der Waals surface area contributed by atoms with Gasteiger partial charge in [-0.2, -0.15) is 0 Å². The van der Waals surface area contributed by atoms with E-state index in [2.05, 4.69) is 15.1 Å². The summed E-state index contributed by atoms with van der Waals surface area (Å²) in [6.07, 6.45) is 1.91. The monoisotopic (exact) mass is 345 g/mol.